The Morgan fingerprint density at radius 2 is 1.93 bits per heavy atom. The van der Waals surface area contributed by atoms with Gasteiger partial charge in [0.05, 0.1) is 18.9 Å². The second kappa shape index (κ2) is 7.36. The number of nitrogens with zero attached hydrogens (tertiary/aromatic N) is 4. The zero-order valence-electron chi connectivity index (χ0n) is 14.7. The number of esters is 1. The molecule has 0 spiro atoms. The maximum Gasteiger partial charge on any atom is 0.337 e. The molecular formula is C20H13FN4O3. The van der Waals surface area contributed by atoms with Gasteiger partial charge in [-0.25, -0.2) is 14.2 Å². The second-order valence-electron chi connectivity index (χ2n) is 5.82. The Morgan fingerprint density at radius 3 is 2.64 bits per heavy atom. The summed E-state index contributed by atoms with van der Waals surface area (Å²) in [5.74, 6) is -0.551. The Labute approximate surface area is 158 Å². The Balaban J connectivity index is 1.79. The normalized spacial score (nSPS) is 10.6. The molecule has 3 aromatic heterocycles. The molecule has 0 aliphatic heterocycles. The highest BCUT2D eigenvalue weighted by atomic mass is 19.1. The van der Waals surface area contributed by atoms with Crippen LogP contribution in [0.5, 0.6) is 0 Å². The first-order valence-electron chi connectivity index (χ1n) is 8.24. The van der Waals surface area contributed by atoms with Crippen LogP contribution in [0.1, 0.15) is 10.4 Å². The van der Waals surface area contributed by atoms with Gasteiger partial charge >= 0.3 is 5.97 Å². The van der Waals surface area contributed by atoms with Crippen molar-refractivity contribution in [1.29, 1.82) is 0 Å². The highest BCUT2D eigenvalue weighted by Crippen LogP contribution is 2.28. The van der Waals surface area contributed by atoms with Gasteiger partial charge in [0.2, 0.25) is 5.82 Å². The van der Waals surface area contributed by atoms with Gasteiger partial charge in [0.25, 0.3) is 5.89 Å². The Hall–Kier alpha value is -3.94. The SMILES string of the molecule is COC(=O)c1cc(-c2cccnc2)cc(-c2nc(-c3ccc(F)cn3)no2)c1. The lowest BCUT2D eigenvalue weighted by Gasteiger charge is -2.07. The van der Waals surface area contributed by atoms with Crippen LogP contribution >= 0.6 is 0 Å². The zero-order chi connectivity index (χ0) is 19.5. The second-order valence-corrected chi connectivity index (χ2v) is 5.82. The number of ether oxygens (including phenoxy) is 1. The fourth-order valence-corrected chi connectivity index (χ4v) is 2.64. The van der Waals surface area contributed by atoms with E-state index in [9.17, 15) is 9.18 Å². The summed E-state index contributed by atoms with van der Waals surface area (Å²) in [7, 11) is 1.31. The van der Waals surface area contributed by atoms with Gasteiger partial charge in [-0.05, 0) is 42.0 Å². The number of carbonyl (C=O) groups excluding carboxylic acids is 1. The highest BCUT2D eigenvalue weighted by Gasteiger charge is 2.16. The van der Waals surface area contributed by atoms with Gasteiger partial charge in [0.15, 0.2) is 0 Å². The summed E-state index contributed by atoms with van der Waals surface area (Å²) in [5, 5.41) is 3.89. The molecule has 0 saturated heterocycles. The van der Waals surface area contributed by atoms with E-state index in [2.05, 4.69) is 20.1 Å². The van der Waals surface area contributed by atoms with E-state index in [1.165, 1.54) is 19.2 Å². The zero-order valence-corrected chi connectivity index (χ0v) is 14.7. The first kappa shape index (κ1) is 17.5. The van der Waals surface area contributed by atoms with Crippen LogP contribution in [0.4, 0.5) is 4.39 Å². The topological polar surface area (TPSA) is 91.0 Å². The third kappa shape index (κ3) is 3.48. The van der Waals surface area contributed by atoms with Crippen molar-refractivity contribution in [2.45, 2.75) is 0 Å². The number of halogens is 1. The Kier molecular flexibility index (Phi) is 4.59. The minimum atomic E-state index is -0.494. The van der Waals surface area contributed by atoms with Crippen LogP contribution in [0.25, 0.3) is 34.1 Å². The summed E-state index contributed by atoms with van der Waals surface area (Å²) in [6, 6.07) is 11.5. The number of methoxy groups -OCH3 is 1. The summed E-state index contributed by atoms with van der Waals surface area (Å²) in [6.07, 6.45) is 4.42. The molecule has 0 radical (unpaired) electrons. The Morgan fingerprint density at radius 1 is 1.07 bits per heavy atom. The lowest BCUT2D eigenvalue weighted by atomic mass is 10.0. The fourth-order valence-electron chi connectivity index (χ4n) is 2.64. The van der Waals surface area contributed by atoms with Crippen molar-refractivity contribution in [2.75, 3.05) is 7.11 Å². The van der Waals surface area contributed by atoms with Gasteiger partial charge in [-0.1, -0.05) is 11.2 Å². The lowest BCUT2D eigenvalue weighted by molar-refractivity contribution is 0.0601. The predicted molar refractivity (Wildman–Crippen MR) is 97.5 cm³/mol. The fraction of sp³-hybridized carbons (Fsp3) is 0.0500. The van der Waals surface area contributed by atoms with Gasteiger partial charge < -0.3 is 9.26 Å². The number of hydrogen-bond acceptors (Lipinski definition) is 7. The van der Waals surface area contributed by atoms with E-state index in [0.717, 1.165) is 17.3 Å². The van der Waals surface area contributed by atoms with E-state index in [1.54, 1.807) is 36.7 Å². The number of hydrogen-bond donors (Lipinski definition) is 0. The quantitative estimate of drug-likeness (QED) is 0.501. The monoisotopic (exact) mass is 376 g/mol. The number of carbonyl (C=O) groups is 1. The number of benzene rings is 1. The van der Waals surface area contributed by atoms with E-state index in [0.29, 0.717) is 16.8 Å². The van der Waals surface area contributed by atoms with Crippen LogP contribution < -0.4 is 0 Å². The smallest absolute Gasteiger partial charge is 0.337 e. The van der Waals surface area contributed by atoms with Crippen molar-refractivity contribution in [3.05, 3.63) is 72.4 Å². The van der Waals surface area contributed by atoms with E-state index < -0.39 is 11.8 Å². The van der Waals surface area contributed by atoms with E-state index >= 15 is 0 Å². The van der Waals surface area contributed by atoms with Crippen LogP contribution in [0.15, 0.2) is 65.6 Å². The van der Waals surface area contributed by atoms with Gasteiger partial charge in [-0.2, -0.15) is 4.98 Å². The number of aromatic nitrogens is 4. The molecule has 0 aliphatic rings. The van der Waals surface area contributed by atoms with Crippen LogP contribution in [0.2, 0.25) is 0 Å². The molecule has 0 N–H and O–H groups in total. The van der Waals surface area contributed by atoms with Crippen molar-refractivity contribution in [3.63, 3.8) is 0 Å². The van der Waals surface area contributed by atoms with E-state index in [4.69, 9.17) is 9.26 Å². The molecule has 0 unspecified atom stereocenters. The average Bonchev–Trinajstić information content (AvgIpc) is 3.24. The highest BCUT2D eigenvalue weighted by molar-refractivity contribution is 5.92. The number of pyridine rings is 2. The largest absolute Gasteiger partial charge is 0.465 e. The molecule has 7 nitrogen and oxygen atoms in total. The average molecular weight is 376 g/mol. The van der Waals surface area contributed by atoms with Crippen molar-refractivity contribution >= 4 is 5.97 Å². The van der Waals surface area contributed by atoms with Crippen molar-refractivity contribution in [2.24, 2.45) is 0 Å². The third-order valence-electron chi connectivity index (χ3n) is 3.98. The molecule has 8 heteroatoms. The molecular weight excluding hydrogens is 363 g/mol. The van der Waals surface area contributed by atoms with Crippen molar-refractivity contribution in [1.82, 2.24) is 20.1 Å². The molecule has 0 bridgehead atoms. The molecule has 0 aliphatic carbocycles. The van der Waals surface area contributed by atoms with Crippen molar-refractivity contribution in [3.8, 4) is 34.1 Å². The van der Waals surface area contributed by atoms with E-state index in [1.807, 2.05) is 6.07 Å². The Bertz CT molecular complexity index is 1130. The summed E-state index contributed by atoms with van der Waals surface area (Å²) in [6.45, 7) is 0. The molecule has 0 atom stereocenters. The molecule has 4 aromatic rings. The molecule has 0 amide bonds. The van der Waals surface area contributed by atoms with Crippen LogP contribution in [-0.2, 0) is 4.74 Å². The first-order chi connectivity index (χ1) is 13.6. The van der Waals surface area contributed by atoms with Gasteiger partial charge in [-0.3, -0.25) is 4.98 Å². The van der Waals surface area contributed by atoms with Gasteiger partial charge in [0.1, 0.15) is 11.5 Å². The molecule has 0 saturated carbocycles. The molecule has 1 aromatic carbocycles. The van der Waals surface area contributed by atoms with Crippen molar-refractivity contribution < 1.29 is 18.4 Å². The van der Waals surface area contributed by atoms with Crippen LogP contribution in [0.3, 0.4) is 0 Å². The molecule has 4 rings (SSSR count). The molecule has 3 heterocycles. The van der Waals surface area contributed by atoms with E-state index in [-0.39, 0.29) is 11.7 Å². The maximum atomic E-state index is 13.1. The molecule has 0 fully saturated rings. The standard InChI is InChI=1S/C20H13FN4O3/c1-27-20(26)15-8-13(12-3-2-6-22-10-12)7-14(9-15)19-24-18(25-28-19)17-5-4-16(21)11-23-17/h2-11H,1H3. The summed E-state index contributed by atoms with van der Waals surface area (Å²) >= 11 is 0. The minimum absolute atomic E-state index is 0.192. The van der Waals surface area contributed by atoms with Crippen LogP contribution in [-0.4, -0.2) is 33.2 Å². The number of rotatable bonds is 4. The van der Waals surface area contributed by atoms with Gasteiger partial charge in [0, 0.05) is 23.5 Å². The predicted octanol–water partition coefficient (Wildman–Crippen LogP) is 3.79. The van der Waals surface area contributed by atoms with Crippen LogP contribution in [0, 0.1) is 5.82 Å². The molecule has 28 heavy (non-hydrogen) atoms. The summed E-state index contributed by atoms with van der Waals surface area (Å²) in [4.78, 5) is 24.4. The summed E-state index contributed by atoms with van der Waals surface area (Å²) in [5.41, 5.74) is 2.79. The third-order valence-corrected chi connectivity index (χ3v) is 3.98. The lowest BCUT2D eigenvalue weighted by Crippen LogP contribution is -2.02. The maximum absolute atomic E-state index is 13.1. The summed E-state index contributed by atoms with van der Waals surface area (Å²) < 4.78 is 23.2. The minimum Gasteiger partial charge on any atom is -0.465 e. The van der Waals surface area contributed by atoms with Gasteiger partial charge in [-0.15, -0.1) is 0 Å². The molecule has 138 valence electrons. The first-order valence-corrected chi connectivity index (χ1v) is 8.24.